The summed E-state index contributed by atoms with van der Waals surface area (Å²) in [5.41, 5.74) is 0. The van der Waals surface area contributed by atoms with Gasteiger partial charge in [-0.05, 0) is 57.8 Å². The first-order valence-corrected chi connectivity index (χ1v) is 24.5. The number of hydrogen-bond acceptors (Lipinski definition) is 6. The predicted octanol–water partition coefficient (Wildman–Crippen LogP) is 12.2. The van der Waals surface area contributed by atoms with Gasteiger partial charge in [0.2, 0.25) is 5.91 Å². The van der Waals surface area contributed by atoms with E-state index in [-0.39, 0.29) is 19.1 Å². The SMILES string of the molecule is CCCCCCC/C=C\C/C=C\C/C=C\CCCCCCCCC(=O)NC(COP(=O)([O-])OCC[N+](C)(C)C)C(O)/C=C/CCCCCCCCCCCCC. The fourth-order valence-corrected chi connectivity index (χ4v) is 7.06. The van der Waals surface area contributed by atoms with Crippen molar-refractivity contribution in [3.05, 3.63) is 48.6 Å². The molecule has 0 aliphatic rings. The normalized spacial score (nSPS) is 14.8. The highest BCUT2D eigenvalue weighted by molar-refractivity contribution is 7.45. The lowest BCUT2D eigenvalue weighted by Crippen LogP contribution is -2.45. The minimum Gasteiger partial charge on any atom is -0.756 e. The molecule has 1 amide bonds. The molecule has 0 rings (SSSR count). The van der Waals surface area contributed by atoms with Gasteiger partial charge < -0.3 is 28.8 Å². The van der Waals surface area contributed by atoms with E-state index < -0.39 is 20.0 Å². The van der Waals surface area contributed by atoms with Crippen LogP contribution in [0.4, 0.5) is 0 Å². The van der Waals surface area contributed by atoms with Crippen LogP contribution in [0.5, 0.6) is 0 Å². The molecule has 3 unspecified atom stereocenters. The minimum absolute atomic E-state index is 0.00529. The number of nitrogens with one attached hydrogen (secondary N) is 1. The Morgan fingerprint density at radius 2 is 1.04 bits per heavy atom. The van der Waals surface area contributed by atoms with Crippen molar-refractivity contribution < 1.29 is 32.9 Å². The van der Waals surface area contributed by atoms with Gasteiger partial charge in [0.05, 0.1) is 39.9 Å². The predicted molar refractivity (Wildman–Crippen MR) is 238 cm³/mol. The van der Waals surface area contributed by atoms with Crippen molar-refractivity contribution in [2.75, 3.05) is 40.9 Å². The molecule has 0 aliphatic heterocycles. The third-order valence-corrected chi connectivity index (χ3v) is 11.0. The van der Waals surface area contributed by atoms with Gasteiger partial charge in [0.15, 0.2) is 0 Å². The van der Waals surface area contributed by atoms with Crippen LogP contribution in [-0.4, -0.2) is 68.5 Å². The number of quaternary nitrogens is 1. The largest absolute Gasteiger partial charge is 0.756 e. The van der Waals surface area contributed by atoms with E-state index in [1.54, 1.807) is 6.08 Å². The molecule has 3 atom stereocenters. The number of carbonyl (C=O) groups is 1. The Hall–Kier alpha value is -1.54. The lowest BCUT2D eigenvalue weighted by atomic mass is 10.0. The Balaban J connectivity index is 4.40. The second-order valence-corrected chi connectivity index (χ2v) is 18.2. The molecule has 0 heterocycles. The van der Waals surface area contributed by atoms with E-state index in [0.29, 0.717) is 17.4 Å². The van der Waals surface area contributed by atoms with Crippen molar-refractivity contribution >= 4 is 13.7 Å². The molecule has 0 aromatic rings. The molecule has 8 nitrogen and oxygen atoms in total. The molecule has 9 heteroatoms. The molecule has 0 saturated heterocycles. The second kappa shape index (κ2) is 38.9. The standard InChI is InChI=1S/C47H89N2O6P/c1-6-8-10-12-14-16-18-20-21-22-23-24-25-26-27-29-31-33-35-37-39-41-47(51)48-45(44-55-56(52,53)54-43-42-49(3,4)5)46(50)40-38-36-34-32-30-28-19-17-15-13-11-9-7-2/h18,20,22-23,25-26,38,40,45-46,50H,6-17,19,21,24,27-37,39,41-44H2,1-5H3,(H-,48,51,52,53)/b20-18-,23-22-,26-25-,40-38+. The summed E-state index contributed by atoms with van der Waals surface area (Å²) >= 11 is 0. The van der Waals surface area contributed by atoms with Gasteiger partial charge in [-0.2, -0.15) is 0 Å². The number of aliphatic hydroxyl groups is 1. The average molecular weight is 809 g/mol. The number of nitrogens with zero attached hydrogens (tertiary/aromatic N) is 1. The number of rotatable bonds is 41. The number of amides is 1. The number of phosphoric acid groups is 1. The number of hydrogen-bond donors (Lipinski definition) is 2. The van der Waals surface area contributed by atoms with Crippen LogP contribution in [0, 0.1) is 0 Å². The highest BCUT2D eigenvalue weighted by atomic mass is 31.2. The highest BCUT2D eigenvalue weighted by Gasteiger charge is 2.23. The monoisotopic (exact) mass is 809 g/mol. The van der Waals surface area contributed by atoms with Crippen molar-refractivity contribution in [2.45, 2.75) is 206 Å². The molecule has 328 valence electrons. The third kappa shape index (κ3) is 40.6. The van der Waals surface area contributed by atoms with Crippen LogP contribution in [0.1, 0.15) is 194 Å². The maximum Gasteiger partial charge on any atom is 0.268 e. The lowest BCUT2D eigenvalue weighted by Gasteiger charge is -2.29. The zero-order valence-electron chi connectivity index (χ0n) is 37.1. The number of unbranched alkanes of at least 4 members (excludes halogenated alkanes) is 22. The Bertz CT molecular complexity index is 1050. The van der Waals surface area contributed by atoms with Crippen LogP contribution in [0.3, 0.4) is 0 Å². The van der Waals surface area contributed by atoms with Crippen molar-refractivity contribution in [1.82, 2.24) is 5.32 Å². The van der Waals surface area contributed by atoms with E-state index in [4.69, 9.17) is 9.05 Å². The van der Waals surface area contributed by atoms with Gasteiger partial charge in [0.1, 0.15) is 13.2 Å². The quantitative estimate of drug-likeness (QED) is 0.0276. The second-order valence-electron chi connectivity index (χ2n) is 16.8. The van der Waals surface area contributed by atoms with Crippen LogP contribution >= 0.6 is 7.82 Å². The number of likely N-dealkylation sites (N-methyl/N-ethyl adjacent to an activating group) is 1. The fourth-order valence-electron chi connectivity index (χ4n) is 6.33. The summed E-state index contributed by atoms with van der Waals surface area (Å²) in [6.45, 7) is 4.61. The molecule has 0 aromatic heterocycles. The van der Waals surface area contributed by atoms with Crippen LogP contribution in [0.15, 0.2) is 48.6 Å². The summed E-state index contributed by atoms with van der Waals surface area (Å²) < 4.78 is 23.2. The van der Waals surface area contributed by atoms with E-state index in [1.807, 2.05) is 27.2 Å². The van der Waals surface area contributed by atoms with Crippen LogP contribution < -0.4 is 10.2 Å². The van der Waals surface area contributed by atoms with Gasteiger partial charge in [-0.15, -0.1) is 0 Å². The van der Waals surface area contributed by atoms with E-state index in [9.17, 15) is 19.4 Å². The number of carbonyl (C=O) groups excluding carboxylic acids is 1. The van der Waals surface area contributed by atoms with Crippen LogP contribution in [-0.2, 0) is 18.4 Å². The zero-order valence-corrected chi connectivity index (χ0v) is 38.0. The maximum absolute atomic E-state index is 12.9. The number of phosphoric ester groups is 1. The summed E-state index contributed by atoms with van der Waals surface area (Å²) in [7, 11) is 1.25. The fraction of sp³-hybridized carbons (Fsp3) is 0.809. The third-order valence-electron chi connectivity index (χ3n) is 10.0. The summed E-state index contributed by atoms with van der Waals surface area (Å²) in [5, 5.41) is 13.8. The van der Waals surface area contributed by atoms with E-state index in [1.165, 1.54) is 109 Å². The molecule has 0 aliphatic carbocycles. The molecule has 0 fully saturated rings. The molecule has 0 radical (unpaired) electrons. The topological polar surface area (TPSA) is 108 Å². The molecule has 2 N–H and O–H groups in total. The van der Waals surface area contributed by atoms with E-state index >= 15 is 0 Å². The molecule has 0 spiro atoms. The van der Waals surface area contributed by atoms with Gasteiger partial charge in [0.25, 0.3) is 7.82 Å². The summed E-state index contributed by atoms with van der Waals surface area (Å²) in [4.78, 5) is 25.3. The molecular formula is C47H89N2O6P. The Kier molecular flexibility index (Phi) is 37.9. The molecule has 0 saturated carbocycles. The summed E-state index contributed by atoms with van der Waals surface area (Å²) in [5.74, 6) is -0.212. The molecule has 0 bridgehead atoms. The van der Waals surface area contributed by atoms with Crippen LogP contribution in [0.25, 0.3) is 0 Å². The van der Waals surface area contributed by atoms with Crippen molar-refractivity contribution in [3.8, 4) is 0 Å². The maximum atomic E-state index is 12.9. The average Bonchev–Trinajstić information content (AvgIpc) is 3.15. The first-order chi connectivity index (χ1) is 27.0. The molecular weight excluding hydrogens is 719 g/mol. The zero-order chi connectivity index (χ0) is 41.4. The summed E-state index contributed by atoms with van der Waals surface area (Å²) in [6, 6.07) is -0.893. The van der Waals surface area contributed by atoms with E-state index in [0.717, 1.165) is 64.2 Å². The number of aliphatic hydroxyl groups excluding tert-OH is 1. The highest BCUT2D eigenvalue weighted by Crippen LogP contribution is 2.38. The van der Waals surface area contributed by atoms with Gasteiger partial charge in [-0.25, -0.2) is 0 Å². The molecule has 0 aromatic carbocycles. The van der Waals surface area contributed by atoms with Gasteiger partial charge >= 0.3 is 0 Å². The Labute approximate surface area is 346 Å². The van der Waals surface area contributed by atoms with E-state index in [2.05, 4.69) is 55.6 Å². The van der Waals surface area contributed by atoms with Crippen molar-refractivity contribution in [3.63, 3.8) is 0 Å². The first-order valence-electron chi connectivity index (χ1n) is 23.0. The van der Waals surface area contributed by atoms with Gasteiger partial charge in [-0.1, -0.05) is 178 Å². The van der Waals surface area contributed by atoms with Crippen molar-refractivity contribution in [1.29, 1.82) is 0 Å². The lowest BCUT2D eigenvalue weighted by molar-refractivity contribution is -0.870. The van der Waals surface area contributed by atoms with Crippen LogP contribution in [0.2, 0.25) is 0 Å². The first kappa shape index (κ1) is 54.5. The smallest absolute Gasteiger partial charge is 0.268 e. The van der Waals surface area contributed by atoms with Gasteiger partial charge in [-0.3, -0.25) is 9.36 Å². The Morgan fingerprint density at radius 3 is 1.50 bits per heavy atom. The van der Waals surface area contributed by atoms with Crippen molar-refractivity contribution in [2.24, 2.45) is 0 Å². The van der Waals surface area contributed by atoms with Gasteiger partial charge in [0, 0.05) is 6.42 Å². The minimum atomic E-state index is -4.59. The molecule has 56 heavy (non-hydrogen) atoms. The number of allylic oxidation sites excluding steroid dienone is 7. The Morgan fingerprint density at radius 1 is 0.625 bits per heavy atom. The summed E-state index contributed by atoms with van der Waals surface area (Å²) in [6.07, 6.45) is 48.6.